The lowest BCUT2D eigenvalue weighted by Gasteiger charge is -2.14. The Labute approximate surface area is 236 Å². The van der Waals surface area contributed by atoms with E-state index in [1.807, 2.05) is 0 Å². The normalized spacial score (nSPS) is 11.2. The average Bonchev–Trinajstić information content (AvgIpc) is 2.97. The maximum atomic E-state index is 13.2. The number of fused-ring (bicyclic) bond motifs is 2. The first-order valence-corrected chi connectivity index (χ1v) is 12.5. The van der Waals surface area contributed by atoms with Crippen LogP contribution in [0.25, 0.3) is 55.7 Å². The molecular weight excluding hydrogens is 544 g/mol. The molecule has 2 heterocycles. The lowest BCUT2D eigenvalue weighted by Crippen LogP contribution is -2.02. The SMILES string of the molecule is COc1ccc(-c2cc(=O)c3c(O)cc(O)c(-c4cc(-c5cc(=O)c6c(O)cc(OC)cc6o5)ccc4O)c3o2)cc1. The van der Waals surface area contributed by atoms with Crippen LogP contribution in [0.3, 0.4) is 0 Å². The molecule has 6 rings (SSSR count). The molecule has 2 aromatic heterocycles. The minimum absolute atomic E-state index is 0.0290. The predicted molar refractivity (Wildman–Crippen MR) is 155 cm³/mol. The third-order valence-corrected chi connectivity index (χ3v) is 6.90. The first kappa shape index (κ1) is 26.3. The van der Waals surface area contributed by atoms with Crippen molar-refractivity contribution in [3.8, 4) is 68.3 Å². The molecule has 0 atom stereocenters. The summed E-state index contributed by atoms with van der Waals surface area (Å²) in [5.74, 6) is -0.484. The van der Waals surface area contributed by atoms with Gasteiger partial charge in [0.1, 0.15) is 62.4 Å². The minimum atomic E-state index is -0.578. The van der Waals surface area contributed by atoms with Crippen LogP contribution in [0, 0.1) is 0 Å². The molecule has 0 spiro atoms. The van der Waals surface area contributed by atoms with Crippen LogP contribution in [0.4, 0.5) is 0 Å². The molecule has 10 heteroatoms. The van der Waals surface area contributed by atoms with Gasteiger partial charge in [-0.2, -0.15) is 0 Å². The van der Waals surface area contributed by atoms with Crippen LogP contribution in [-0.2, 0) is 0 Å². The molecule has 0 radical (unpaired) electrons. The standard InChI is InChI=1S/C32H22O10/c1-39-17-6-3-15(4-7-17)26-14-25(38)31-23(36)12-22(35)29(32(31)42-26)19-9-16(5-8-20(19)33)27-13-24(37)30-21(34)10-18(40-2)11-28(30)41-27/h3-14,33-36H,1-2H3. The zero-order chi connectivity index (χ0) is 29.7. The molecule has 4 N–H and O–H groups in total. The summed E-state index contributed by atoms with van der Waals surface area (Å²) in [4.78, 5) is 26.1. The van der Waals surface area contributed by atoms with Crippen molar-refractivity contribution in [1.29, 1.82) is 0 Å². The second-order valence-corrected chi connectivity index (χ2v) is 9.42. The Hall–Kier alpha value is -5.90. The van der Waals surface area contributed by atoms with Crippen molar-refractivity contribution in [2.75, 3.05) is 14.2 Å². The molecule has 210 valence electrons. The molecule has 0 saturated heterocycles. The summed E-state index contributed by atoms with van der Waals surface area (Å²) in [5.41, 5.74) is -0.403. The van der Waals surface area contributed by atoms with Crippen molar-refractivity contribution in [1.82, 2.24) is 0 Å². The maximum absolute atomic E-state index is 13.2. The molecule has 0 aliphatic carbocycles. The van der Waals surface area contributed by atoms with Gasteiger partial charge in [0.15, 0.2) is 16.4 Å². The maximum Gasteiger partial charge on any atom is 0.197 e. The lowest BCUT2D eigenvalue weighted by molar-refractivity contribution is 0.408. The Balaban J connectivity index is 1.59. The Kier molecular flexibility index (Phi) is 6.23. The molecular formula is C32H22O10. The van der Waals surface area contributed by atoms with Gasteiger partial charge in [-0.3, -0.25) is 9.59 Å². The Morgan fingerprint density at radius 3 is 1.88 bits per heavy atom. The van der Waals surface area contributed by atoms with E-state index in [1.165, 1.54) is 56.7 Å². The number of ether oxygens (including phenoxy) is 2. The van der Waals surface area contributed by atoms with Gasteiger partial charge in [-0.25, -0.2) is 0 Å². The smallest absolute Gasteiger partial charge is 0.197 e. The molecule has 0 amide bonds. The molecule has 42 heavy (non-hydrogen) atoms. The molecule has 0 unspecified atom stereocenters. The summed E-state index contributed by atoms with van der Waals surface area (Å²) >= 11 is 0. The largest absolute Gasteiger partial charge is 0.507 e. The van der Waals surface area contributed by atoms with Crippen LogP contribution in [0.5, 0.6) is 34.5 Å². The Morgan fingerprint density at radius 2 is 1.19 bits per heavy atom. The van der Waals surface area contributed by atoms with Gasteiger partial charge in [0.2, 0.25) is 0 Å². The van der Waals surface area contributed by atoms with Crippen LogP contribution >= 0.6 is 0 Å². The Morgan fingerprint density at radius 1 is 0.571 bits per heavy atom. The van der Waals surface area contributed by atoms with Crippen LogP contribution in [-0.4, -0.2) is 34.6 Å². The van der Waals surface area contributed by atoms with Crippen LogP contribution in [0.1, 0.15) is 0 Å². The highest BCUT2D eigenvalue weighted by atomic mass is 16.5. The van der Waals surface area contributed by atoms with Gasteiger partial charge < -0.3 is 38.7 Å². The van der Waals surface area contributed by atoms with Crippen LogP contribution in [0.2, 0.25) is 0 Å². The van der Waals surface area contributed by atoms with Crippen molar-refractivity contribution in [3.05, 3.63) is 93.2 Å². The summed E-state index contributed by atoms with van der Waals surface area (Å²) in [6.07, 6.45) is 0. The number of hydrogen-bond acceptors (Lipinski definition) is 10. The van der Waals surface area contributed by atoms with Gasteiger partial charge in [0, 0.05) is 47.0 Å². The van der Waals surface area contributed by atoms with Gasteiger partial charge in [-0.15, -0.1) is 0 Å². The van der Waals surface area contributed by atoms with E-state index >= 15 is 0 Å². The van der Waals surface area contributed by atoms with Crippen molar-refractivity contribution >= 4 is 21.9 Å². The summed E-state index contributed by atoms with van der Waals surface area (Å²) in [5, 5.41) is 42.5. The summed E-state index contributed by atoms with van der Waals surface area (Å²) in [6, 6.07) is 17.1. The van der Waals surface area contributed by atoms with Crippen LogP contribution in [0.15, 0.2) is 91.2 Å². The zero-order valence-electron chi connectivity index (χ0n) is 22.2. The molecule has 0 saturated carbocycles. The van der Waals surface area contributed by atoms with Crippen molar-refractivity contribution in [3.63, 3.8) is 0 Å². The van der Waals surface area contributed by atoms with E-state index in [9.17, 15) is 30.0 Å². The molecule has 10 nitrogen and oxygen atoms in total. The summed E-state index contributed by atoms with van der Waals surface area (Å²) in [7, 11) is 2.93. The topological polar surface area (TPSA) is 160 Å². The molecule has 6 aromatic rings. The highest BCUT2D eigenvalue weighted by Crippen LogP contribution is 2.45. The van der Waals surface area contributed by atoms with Crippen molar-refractivity contribution < 1.29 is 38.7 Å². The van der Waals surface area contributed by atoms with Crippen molar-refractivity contribution in [2.45, 2.75) is 0 Å². The van der Waals surface area contributed by atoms with E-state index in [4.69, 9.17) is 18.3 Å². The van der Waals surface area contributed by atoms with Gasteiger partial charge in [0.05, 0.1) is 19.8 Å². The minimum Gasteiger partial charge on any atom is -0.507 e. The number of phenolic OH excluding ortho intramolecular Hbond substituents is 4. The van der Waals surface area contributed by atoms with Crippen LogP contribution < -0.4 is 20.3 Å². The number of hydrogen-bond donors (Lipinski definition) is 4. The summed E-state index contributed by atoms with van der Waals surface area (Å²) < 4.78 is 22.4. The molecule has 0 bridgehead atoms. The van der Waals surface area contributed by atoms with E-state index in [0.29, 0.717) is 16.9 Å². The first-order valence-electron chi connectivity index (χ1n) is 12.5. The second kappa shape index (κ2) is 9.93. The van der Waals surface area contributed by atoms with Gasteiger partial charge in [-0.1, -0.05) is 0 Å². The molecule has 0 aliphatic rings. The number of aromatic hydroxyl groups is 4. The average molecular weight is 567 g/mol. The van der Waals surface area contributed by atoms with E-state index in [2.05, 4.69) is 0 Å². The van der Waals surface area contributed by atoms with E-state index < -0.39 is 22.4 Å². The molecule has 0 fully saturated rings. The fraction of sp³-hybridized carbons (Fsp3) is 0.0625. The quantitative estimate of drug-likeness (QED) is 0.203. The number of phenols is 4. The van der Waals surface area contributed by atoms with Gasteiger partial charge in [0.25, 0.3) is 0 Å². The third-order valence-electron chi connectivity index (χ3n) is 6.90. The van der Waals surface area contributed by atoms with Crippen molar-refractivity contribution in [2.24, 2.45) is 0 Å². The number of methoxy groups -OCH3 is 2. The second-order valence-electron chi connectivity index (χ2n) is 9.42. The zero-order valence-corrected chi connectivity index (χ0v) is 22.2. The number of benzene rings is 4. The third kappa shape index (κ3) is 4.31. The lowest BCUT2D eigenvalue weighted by atomic mass is 9.97. The van der Waals surface area contributed by atoms with E-state index in [-0.39, 0.29) is 61.8 Å². The molecule has 0 aliphatic heterocycles. The Bertz CT molecular complexity index is 2140. The van der Waals surface area contributed by atoms with E-state index in [0.717, 1.165) is 6.07 Å². The first-order chi connectivity index (χ1) is 20.2. The summed E-state index contributed by atoms with van der Waals surface area (Å²) in [6.45, 7) is 0. The fourth-order valence-corrected chi connectivity index (χ4v) is 4.85. The number of rotatable bonds is 5. The highest BCUT2D eigenvalue weighted by Gasteiger charge is 2.23. The monoisotopic (exact) mass is 566 g/mol. The van der Waals surface area contributed by atoms with Gasteiger partial charge >= 0.3 is 0 Å². The predicted octanol–water partition coefficient (Wildman–Crippen LogP) is 5.74. The van der Waals surface area contributed by atoms with Gasteiger partial charge in [-0.05, 0) is 42.5 Å². The molecule has 4 aromatic carbocycles. The highest BCUT2D eigenvalue weighted by molar-refractivity contribution is 6.01. The van der Waals surface area contributed by atoms with E-state index in [1.54, 1.807) is 24.3 Å². The fourth-order valence-electron chi connectivity index (χ4n) is 4.85.